The number of pyridine rings is 1. The van der Waals surface area contributed by atoms with E-state index in [1.165, 1.54) is 0 Å². The monoisotopic (exact) mass is 136 g/mol. The normalized spacial score (nSPS) is 10.5. The van der Waals surface area contributed by atoms with Crippen LogP contribution in [-0.2, 0) is 0 Å². The van der Waals surface area contributed by atoms with Crippen molar-refractivity contribution in [3.05, 3.63) is 24.0 Å². The number of hydrogen-bond donors (Lipinski definition) is 1. The first-order valence-corrected chi connectivity index (χ1v) is 2.86. The summed E-state index contributed by atoms with van der Waals surface area (Å²) in [6.45, 7) is 1.92. The summed E-state index contributed by atoms with van der Waals surface area (Å²) in [5.74, 6) is 4.86. The maximum Gasteiger partial charge on any atom is 0.109 e. The summed E-state index contributed by atoms with van der Waals surface area (Å²) in [6.07, 6.45) is 3.32. The van der Waals surface area contributed by atoms with Gasteiger partial charge in [0.05, 0.1) is 6.20 Å². The third-order valence-corrected chi connectivity index (χ3v) is 1.18. The Balaban J connectivity index is 3.03. The summed E-state index contributed by atoms with van der Waals surface area (Å²) < 4.78 is 0. The fraction of sp³-hybridized carbons (Fsp3) is 0.167. The number of nitrogens with zero attached hydrogens (tertiary/aromatic N) is 3. The molecule has 0 saturated heterocycles. The van der Waals surface area contributed by atoms with E-state index in [4.69, 9.17) is 5.84 Å². The maximum absolute atomic E-state index is 4.86. The van der Waals surface area contributed by atoms with Crippen LogP contribution in [-0.4, -0.2) is 4.98 Å². The Bertz CT molecular complexity index is 243. The van der Waals surface area contributed by atoms with Gasteiger partial charge in [-0.25, -0.2) is 0 Å². The first-order chi connectivity index (χ1) is 4.84. The molecule has 0 aliphatic rings. The van der Waals surface area contributed by atoms with Crippen molar-refractivity contribution in [2.24, 2.45) is 16.2 Å². The van der Waals surface area contributed by atoms with Crippen LogP contribution < -0.4 is 5.84 Å². The quantitative estimate of drug-likeness (QED) is 0.359. The van der Waals surface area contributed by atoms with Gasteiger partial charge in [-0.05, 0) is 18.6 Å². The molecule has 4 nitrogen and oxygen atoms in total. The Morgan fingerprint density at radius 3 is 3.00 bits per heavy atom. The summed E-state index contributed by atoms with van der Waals surface area (Å²) in [5, 5.41) is 6.80. The zero-order chi connectivity index (χ0) is 7.40. The fourth-order valence-electron chi connectivity index (χ4n) is 0.623. The third kappa shape index (κ3) is 1.28. The van der Waals surface area contributed by atoms with Crippen LogP contribution in [0.4, 0.5) is 5.69 Å². The Morgan fingerprint density at radius 1 is 1.60 bits per heavy atom. The van der Waals surface area contributed by atoms with E-state index in [0.29, 0.717) is 5.69 Å². The van der Waals surface area contributed by atoms with Gasteiger partial charge in [0.25, 0.3) is 0 Å². The Kier molecular flexibility index (Phi) is 1.94. The molecule has 0 aliphatic carbocycles. The van der Waals surface area contributed by atoms with Gasteiger partial charge in [0.2, 0.25) is 0 Å². The first-order valence-electron chi connectivity index (χ1n) is 2.86. The van der Waals surface area contributed by atoms with Crippen molar-refractivity contribution >= 4 is 5.69 Å². The fourth-order valence-corrected chi connectivity index (χ4v) is 0.623. The molecule has 0 aromatic carbocycles. The minimum Gasteiger partial charge on any atom is -0.305 e. The number of aryl methyl sites for hydroxylation is 1. The Labute approximate surface area is 58.8 Å². The van der Waals surface area contributed by atoms with Crippen molar-refractivity contribution in [1.82, 2.24) is 4.98 Å². The molecule has 2 N–H and O–H groups in total. The highest BCUT2D eigenvalue weighted by Crippen LogP contribution is 2.14. The van der Waals surface area contributed by atoms with E-state index >= 15 is 0 Å². The second kappa shape index (κ2) is 2.91. The molecule has 0 amide bonds. The molecule has 4 heteroatoms. The number of hydrogen-bond acceptors (Lipinski definition) is 3. The average Bonchev–Trinajstić information content (AvgIpc) is 1.94. The zero-order valence-corrected chi connectivity index (χ0v) is 5.65. The zero-order valence-electron chi connectivity index (χ0n) is 5.65. The lowest BCUT2D eigenvalue weighted by Gasteiger charge is -1.93. The number of aromatic nitrogens is 1. The summed E-state index contributed by atoms with van der Waals surface area (Å²) in [5.41, 5.74) is 1.73. The van der Waals surface area contributed by atoms with Gasteiger partial charge < -0.3 is 5.84 Å². The van der Waals surface area contributed by atoms with Crippen LogP contribution in [0.2, 0.25) is 0 Å². The molecule has 0 fully saturated rings. The molecule has 10 heavy (non-hydrogen) atoms. The van der Waals surface area contributed by atoms with E-state index in [1.54, 1.807) is 12.4 Å². The molecule has 0 unspecified atom stereocenters. The number of rotatable bonds is 1. The predicted octanol–water partition coefficient (Wildman–Crippen LogP) is 1.35. The average molecular weight is 136 g/mol. The molecule has 1 heterocycles. The maximum atomic E-state index is 4.86. The number of nitrogens with two attached hydrogens (primary N) is 1. The van der Waals surface area contributed by atoms with Crippen molar-refractivity contribution < 1.29 is 0 Å². The topological polar surface area (TPSA) is 63.6 Å². The summed E-state index contributed by atoms with van der Waals surface area (Å²) in [7, 11) is 0. The standard InChI is InChI=1S/C6H8N4/c1-5-2-3-8-4-6(5)9-10-7/h2-4H,1H3,(H2,7,9). The highest BCUT2D eigenvalue weighted by Gasteiger charge is 1.91. The van der Waals surface area contributed by atoms with E-state index in [0.717, 1.165) is 5.56 Å². The molecule has 1 rings (SSSR count). The van der Waals surface area contributed by atoms with Gasteiger partial charge in [0.1, 0.15) is 5.69 Å². The lowest BCUT2D eigenvalue weighted by Crippen LogP contribution is -1.78. The molecule has 0 saturated carbocycles. The lowest BCUT2D eigenvalue weighted by atomic mass is 10.3. The largest absolute Gasteiger partial charge is 0.305 e. The molecule has 0 spiro atoms. The second-order valence-electron chi connectivity index (χ2n) is 1.88. The van der Waals surface area contributed by atoms with Crippen molar-refractivity contribution in [1.29, 1.82) is 0 Å². The van der Waals surface area contributed by atoms with E-state index in [2.05, 4.69) is 15.3 Å². The smallest absolute Gasteiger partial charge is 0.109 e. The minimum atomic E-state index is 0.713. The van der Waals surface area contributed by atoms with Crippen LogP contribution in [0.1, 0.15) is 5.56 Å². The van der Waals surface area contributed by atoms with Crippen LogP contribution >= 0.6 is 0 Å². The van der Waals surface area contributed by atoms with Crippen LogP contribution in [0.5, 0.6) is 0 Å². The van der Waals surface area contributed by atoms with Crippen molar-refractivity contribution in [2.45, 2.75) is 6.92 Å². The molecule has 52 valence electrons. The van der Waals surface area contributed by atoms with Gasteiger partial charge in [0.15, 0.2) is 0 Å². The predicted molar refractivity (Wildman–Crippen MR) is 37.7 cm³/mol. The Hall–Kier alpha value is -1.45. The van der Waals surface area contributed by atoms with E-state index < -0.39 is 0 Å². The SMILES string of the molecule is Cc1ccncc1N=NN. The molecule has 1 aromatic rings. The third-order valence-electron chi connectivity index (χ3n) is 1.18. The van der Waals surface area contributed by atoms with Gasteiger partial charge >= 0.3 is 0 Å². The molecule has 0 atom stereocenters. The molecule has 1 aromatic heterocycles. The van der Waals surface area contributed by atoms with Crippen LogP contribution in [0.25, 0.3) is 0 Å². The summed E-state index contributed by atoms with van der Waals surface area (Å²) >= 11 is 0. The Morgan fingerprint density at radius 2 is 2.40 bits per heavy atom. The van der Waals surface area contributed by atoms with E-state index in [1.807, 2.05) is 13.0 Å². The van der Waals surface area contributed by atoms with Gasteiger partial charge in [-0.1, -0.05) is 5.22 Å². The first kappa shape index (κ1) is 6.67. The van der Waals surface area contributed by atoms with Gasteiger partial charge in [0, 0.05) is 6.20 Å². The van der Waals surface area contributed by atoms with Crippen LogP contribution in [0.15, 0.2) is 28.8 Å². The van der Waals surface area contributed by atoms with Gasteiger partial charge in [-0.2, -0.15) is 0 Å². The second-order valence-corrected chi connectivity index (χ2v) is 1.88. The highest BCUT2D eigenvalue weighted by molar-refractivity contribution is 5.40. The molecule has 0 bridgehead atoms. The minimum absolute atomic E-state index is 0.713. The van der Waals surface area contributed by atoms with E-state index in [-0.39, 0.29) is 0 Å². The highest BCUT2D eigenvalue weighted by atomic mass is 15.3. The van der Waals surface area contributed by atoms with Crippen molar-refractivity contribution in [3.8, 4) is 0 Å². The van der Waals surface area contributed by atoms with Crippen molar-refractivity contribution in [2.75, 3.05) is 0 Å². The van der Waals surface area contributed by atoms with Crippen LogP contribution in [0, 0.1) is 6.92 Å². The molecular weight excluding hydrogens is 128 g/mol. The van der Waals surface area contributed by atoms with E-state index in [9.17, 15) is 0 Å². The van der Waals surface area contributed by atoms with Gasteiger partial charge in [-0.15, -0.1) is 5.11 Å². The molecular formula is C6H8N4. The van der Waals surface area contributed by atoms with Crippen LogP contribution in [0.3, 0.4) is 0 Å². The molecule has 0 radical (unpaired) electrons. The summed E-state index contributed by atoms with van der Waals surface area (Å²) in [4.78, 5) is 3.85. The lowest BCUT2D eigenvalue weighted by molar-refractivity contribution is 1.05. The molecule has 0 aliphatic heterocycles. The summed E-state index contributed by atoms with van der Waals surface area (Å²) in [6, 6.07) is 1.85. The van der Waals surface area contributed by atoms with Gasteiger partial charge in [-0.3, -0.25) is 4.98 Å². The van der Waals surface area contributed by atoms with Crippen molar-refractivity contribution in [3.63, 3.8) is 0 Å².